The molecule has 4 rings (SSSR count). The Morgan fingerprint density at radius 3 is 2.44 bits per heavy atom. The highest BCUT2D eigenvalue weighted by Crippen LogP contribution is 2.32. The maximum Gasteiger partial charge on any atom is 0.338 e. The fourth-order valence-electron chi connectivity index (χ4n) is 3.99. The molecule has 0 spiro atoms. The van der Waals surface area contributed by atoms with Gasteiger partial charge in [0, 0.05) is 0 Å². The second-order valence-electron chi connectivity index (χ2n) is 7.86. The third kappa shape index (κ3) is 4.70. The molecule has 36 heavy (non-hydrogen) atoms. The van der Waals surface area contributed by atoms with Crippen molar-refractivity contribution < 1.29 is 23.7 Å². The van der Waals surface area contributed by atoms with E-state index in [1.165, 1.54) is 22.0 Å². The molecule has 1 aliphatic rings. The van der Waals surface area contributed by atoms with Gasteiger partial charge in [-0.3, -0.25) is 9.36 Å². The van der Waals surface area contributed by atoms with Crippen LogP contribution in [0.5, 0.6) is 17.2 Å². The zero-order valence-corrected chi connectivity index (χ0v) is 21.3. The Labute approximate surface area is 212 Å². The number of rotatable bonds is 8. The third-order valence-corrected chi connectivity index (χ3v) is 6.69. The highest BCUT2D eigenvalue weighted by Gasteiger charge is 2.33. The standard InChI is InChI=1S/C27H26N2O6S/c1-6-13-35-26(31)23-16(2)28-27-29(24(23)18-8-10-19(32-3)11-9-18)25(30)22(36-27)15-17-7-12-20(33-4)21(14-17)34-5/h6-12,14-15,24H,1,13H2,2-5H3/b22-15+/t24-/m1/s1. The van der Waals surface area contributed by atoms with Crippen molar-refractivity contribution in [3.05, 3.63) is 97.2 Å². The Hall–Kier alpha value is -4.11. The van der Waals surface area contributed by atoms with Gasteiger partial charge < -0.3 is 18.9 Å². The normalized spacial score (nSPS) is 15.1. The Kier molecular flexibility index (Phi) is 7.40. The van der Waals surface area contributed by atoms with Crippen molar-refractivity contribution in [3.8, 4) is 17.2 Å². The molecule has 0 aliphatic carbocycles. The molecule has 1 atom stereocenters. The topological polar surface area (TPSA) is 88.4 Å². The molecule has 0 saturated carbocycles. The largest absolute Gasteiger partial charge is 0.497 e. The molecule has 8 nitrogen and oxygen atoms in total. The maximum absolute atomic E-state index is 13.7. The van der Waals surface area contributed by atoms with Gasteiger partial charge in [-0.15, -0.1) is 0 Å². The number of thiazole rings is 1. The molecule has 2 aromatic carbocycles. The van der Waals surface area contributed by atoms with Gasteiger partial charge in [0.05, 0.1) is 43.2 Å². The lowest BCUT2D eigenvalue weighted by Gasteiger charge is -2.24. The molecule has 1 aromatic heterocycles. The van der Waals surface area contributed by atoms with Crippen LogP contribution in [0.1, 0.15) is 24.1 Å². The summed E-state index contributed by atoms with van der Waals surface area (Å²) in [4.78, 5) is 31.9. The number of carbonyl (C=O) groups is 1. The summed E-state index contributed by atoms with van der Waals surface area (Å²) in [5, 5.41) is 0. The van der Waals surface area contributed by atoms with Gasteiger partial charge in [0.25, 0.3) is 5.56 Å². The number of allylic oxidation sites excluding steroid dienone is 1. The van der Waals surface area contributed by atoms with Gasteiger partial charge in [-0.05, 0) is 48.4 Å². The van der Waals surface area contributed by atoms with Gasteiger partial charge in [0.2, 0.25) is 0 Å². The first-order chi connectivity index (χ1) is 17.4. The summed E-state index contributed by atoms with van der Waals surface area (Å²) < 4.78 is 23.3. The summed E-state index contributed by atoms with van der Waals surface area (Å²) in [5.41, 5.74) is 2.02. The molecule has 0 amide bonds. The molecular formula is C27H26N2O6S. The van der Waals surface area contributed by atoms with E-state index in [4.69, 9.17) is 18.9 Å². The highest BCUT2D eigenvalue weighted by atomic mass is 32.1. The van der Waals surface area contributed by atoms with Gasteiger partial charge in [-0.2, -0.15) is 0 Å². The van der Waals surface area contributed by atoms with E-state index < -0.39 is 12.0 Å². The smallest absolute Gasteiger partial charge is 0.338 e. The van der Waals surface area contributed by atoms with E-state index in [9.17, 15) is 9.59 Å². The van der Waals surface area contributed by atoms with E-state index >= 15 is 0 Å². The molecule has 0 fully saturated rings. The summed E-state index contributed by atoms with van der Waals surface area (Å²) >= 11 is 1.25. The molecule has 0 unspecified atom stereocenters. The summed E-state index contributed by atoms with van der Waals surface area (Å²) in [7, 11) is 4.70. The van der Waals surface area contributed by atoms with Gasteiger partial charge in [-0.25, -0.2) is 9.79 Å². The fourth-order valence-corrected chi connectivity index (χ4v) is 5.04. The van der Waals surface area contributed by atoms with Crippen LogP contribution in [0.3, 0.4) is 0 Å². The minimum absolute atomic E-state index is 0.0503. The third-order valence-electron chi connectivity index (χ3n) is 5.71. The number of methoxy groups -OCH3 is 3. The molecule has 9 heteroatoms. The number of benzene rings is 2. The fraction of sp³-hybridized carbons (Fsp3) is 0.222. The zero-order valence-electron chi connectivity index (χ0n) is 20.4. The number of hydrogen-bond donors (Lipinski definition) is 0. The lowest BCUT2D eigenvalue weighted by molar-refractivity contribution is -0.138. The highest BCUT2D eigenvalue weighted by molar-refractivity contribution is 7.07. The van der Waals surface area contributed by atoms with E-state index in [1.54, 1.807) is 58.6 Å². The van der Waals surface area contributed by atoms with Gasteiger partial charge >= 0.3 is 5.97 Å². The van der Waals surface area contributed by atoms with Crippen molar-refractivity contribution in [1.82, 2.24) is 4.57 Å². The average molecular weight is 507 g/mol. The summed E-state index contributed by atoms with van der Waals surface area (Å²) in [6.07, 6.45) is 3.26. The molecule has 0 N–H and O–H groups in total. The number of fused-ring (bicyclic) bond motifs is 1. The van der Waals surface area contributed by atoms with E-state index in [2.05, 4.69) is 11.6 Å². The number of aromatic nitrogens is 1. The molecule has 3 aromatic rings. The number of ether oxygens (including phenoxy) is 4. The summed E-state index contributed by atoms with van der Waals surface area (Å²) in [6, 6.07) is 11.9. The number of carbonyl (C=O) groups excluding carboxylic acids is 1. The Bertz CT molecular complexity index is 1520. The molecule has 0 saturated heterocycles. The van der Waals surface area contributed by atoms with Gasteiger partial charge in [0.1, 0.15) is 12.4 Å². The monoisotopic (exact) mass is 506 g/mol. The maximum atomic E-state index is 13.7. The van der Waals surface area contributed by atoms with Crippen molar-refractivity contribution in [2.45, 2.75) is 13.0 Å². The molecule has 1 aliphatic heterocycles. The summed E-state index contributed by atoms with van der Waals surface area (Å²) in [6.45, 7) is 5.40. The van der Waals surface area contributed by atoms with Crippen LogP contribution in [0.15, 0.2) is 76.2 Å². The first-order valence-electron chi connectivity index (χ1n) is 11.1. The number of nitrogens with zero attached hydrogens (tertiary/aromatic N) is 2. The molecule has 2 heterocycles. The van der Waals surface area contributed by atoms with E-state index in [1.807, 2.05) is 18.2 Å². The summed E-state index contributed by atoms with van der Waals surface area (Å²) in [5.74, 6) is 1.26. The lowest BCUT2D eigenvalue weighted by atomic mass is 9.96. The molecular weight excluding hydrogens is 480 g/mol. The first-order valence-corrected chi connectivity index (χ1v) is 11.9. The van der Waals surface area contributed by atoms with E-state index in [0.29, 0.717) is 37.9 Å². The van der Waals surface area contributed by atoms with Crippen LogP contribution >= 0.6 is 11.3 Å². The molecule has 186 valence electrons. The SMILES string of the molecule is C=CCOC(=O)C1=C(C)N=c2s/c(=C/c3ccc(OC)c(OC)c3)c(=O)n2[C@@H]1c1ccc(OC)cc1. The van der Waals surface area contributed by atoms with Gasteiger partial charge in [-0.1, -0.05) is 42.2 Å². The molecule has 0 radical (unpaired) electrons. The average Bonchev–Trinajstić information content (AvgIpc) is 3.20. The van der Waals surface area contributed by atoms with E-state index in [0.717, 1.165) is 11.1 Å². The van der Waals surface area contributed by atoms with Crippen molar-refractivity contribution in [3.63, 3.8) is 0 Å². The number of esters is 1. The predicted octanol–water partition coefficient (Wildman–Crippen LogP) is 2.99. The lowest BCUT2D eigenvalue weighted by Crippen LogP contribution is -2.39. The minimum atomic E-state index is -0.711. The van der Waals surface area contributed by atoms with Crippen LogP contribution in [0.4, 0.5) is 0 Å². The Balaban J connectivity index is 1.90. The van der Waals surface area contributed by atoms with Crippen molar-refractivity contribution in [2.24, 2.45) is 4.99 Å². The zero-order chi connectivity index (χ0) is 25.8. The van der Waals surface area contributed by atoms with Crippen LogP contribution in [0.2, 0.25) is 0 Å². The van der Waals surface area contributed by atoms with Crippen LogP contribution < -0.4 is 29.1 Å². The quantitative estimate of drug-likeness (QED) is 0.345. The minimum Gasteiger partial charge on any atom is -0.497 e. The number of hydrogen-bond acceptors (Lipinski definition) is 8. The van der Waals surface area contributed by atoms with Crippen molar-refractivity contribution in [2.75, 3.05) is 27.9 Å². The van der Waals surface area contributed by atoms with Gasteiger partial charge in [0.15, 0.2) is 16.3 Å². The van der Waals surface area contributed by atoms with Crippen molar-refractivity contribution >= 4 is 23.4 Å². The predicted molar refractivity (Wildman–Crippen MR) is 137 cm³/mol. The second-order valence-corrected chi connectivity index (χ2v) is 8.87. The Morgan fingerprint density at radius 2 is 1.81 bits per heavy atom. The van der Waals surface area contributed by atoms with Crippen molar-refractivity contribution in [1.29, 1.82) is 0 Å². The van der Waals surface area contributed by atoms with Crippen LogP contribution in [-0.2, 0) is 9.53 Å². The Morgan fingerprint density at radius 1 is 1.08 bits per heavy atom. The first kappa shape index (κ1) is 25.0. The molecule has 0 bridgehead atoms. The van der Waals surface area contributed by atoms with E-state index in [-0.39, 0.29) is 12.2 Å². The van der Waals surface area contributed by atoms with Crippen LogP contribution in [0.25, 0.3) is 6.08 Å². The van der Waals surface area contributed by atoms with Crippen LogP contribution in [-0.4, -0.2) is 38.5 Å². The second kappa shape index (κ2) is 10.7. The van der Waals surface area contributed by atoms with Crippen LogP contribution in [0, 0.1) is 0 Å².